The molecule has 0 spiro atoms. The van der Waals surface area contributed by atoms with Crippen molar-refractivity contribution < 1.29 is 8.60 Å². The number of hydrogen-bond donors (Lipinski definition) is 0. The molecule has 1 atom stereocenters. The second-order valence-electron chi connectivity index (χ2n) is 5.35. The molecule has 0 saturated heterocycles. The highest BCUT2D eigenvalue weighted by molar-refractivity contribution is 7.84. The minimum absolute atomic E-state index is 0.157. The summed E-state index contributed by atoms with van der Waals surface area (Å²) < 4.78 is 24.9. The van der Waals surface area contributed by atoms with Gasteiger partial charge in [0.05, 0.1) is 0 Å². The van der Waals surface area contributed by atoms with Crippen LogP contribution in [0.4, 0.5) is 4.39 Å². The van der Waals surface area contributed by atoms with Crippen molar-refractivity contribution in [3.05, 3.63) is 65.0 Å². The Kier molecular flexibility index (Phi) is 5.26. The van der Waals surface area contributed by atoms with Gasteiger partial charge in [0.25, 0.3) is 0 Å². The molecule has 0 N–H and O–H groups in total. The third kappa shape index (κ3) is 4.48. The van der Waals surface area contributed by atoms with E-state index in [1.807, 2.05) is 43.4 Å². The molecular weight excluding hydrogens is 285 g/mol. The molecule has 0 amide bonds. The van der Waals surface area contributed by atoms with Crippen molar-refractivity contribution in [1.82, 2.24) is 4.90 Å². The monoisotopic (exact) mass is 305 g/mol. The van der Waals surface area contributed by atoms with Crippen LogP contribution in [-0.4, -0.2) is 22.4 Å². The highest BCUT2D eigenvalue weighted by Gasteiger charge is 2.05. The zero-order valence-electron chi connectivity index (χ0n) is 12.6. The first-order chi connectivity index (χ1) is 9.95. The lowest BCUT2D eigenvalue weighted by Crippen LogP contribution is -2.17. The topological polar surface area (TPSA) is 20.3 Å². The van der Waals surface area contributed by atoms with Gasteiger partial charge >= 0.3 is 0 Å². The Labute approximate surface area is 128 Å². The van der Waals surface area contributed by atoms with E-state index in [1.54, 1.807) is 19.2 Å². The normalized spacial score (nSPS) is 12.6. The van der Waals surface area contributed by atoms with Gasteiger partial charge in [0.15, 0.2) is 0 Å². The van der Waals surface area contributed by atoms with Crippen LogP contribution in [-0.2, 0) is 23.9 Å². The van der Waals surface area contributed by atoms with Gasteiger partial charge in [0.1, 0.15) is 5.82 Å². The molecule has 0 aliphatic rings. The van der Waals surface area contributed by atoms with Crippen molar-refractivity contribution >= 4 is 10.8 Å². The maximum absolute atomic E-state index is 13.5. The van der Waals surface area contributed by atoms with Crippen LogP contribution in [0.1, 0.15) is 16.7 Å². The SMILES string of the molecule is Cc1ccc(CN(C)Cc2ccc([S@](C)=O)cc2)cc1F. The van der Waals surface area contributed by atoms with Crippen LogP contribution in [0.15, 0.2) is 47.4 Å². The highest BCUT2D eigenvalue weighted by atomic mass is 32.2. The summed E-state index contributed by atoms with van der Waals surface area (Å²) in [6.45, 7) is 3.23. The largest absolute Gasteiger partial charge is 0.298 e. The van der Waals surface area contributed by atoms with Gasteiger partial charge in [0.2, 0.25) is 0 Å². The Morgan fingerprint density at radius 1 is 1.05 bits per heavy atom. The second kappa shape index (κ2) is 6.96. The molecule has 2 rings (SSSR count). The van der Waals surface area contributed by atoms with E-state index >= 15 is 0 Å². The van der Waals surface area contributed by atoms with Crippen molar-refractivity contribution in [1.29, 1.82) is 0 Å². The van der Waals surface area contributed by atoms with Crippen molar-refractivity contribution in [3.63, 3.8) is 0 Å². The third-order valence-electron chi connectivity index (χ3n) is 3.40. The average Bonchev–Trinajstić information content (AvgIpc) is 2.43. The van der Waals surface area contributed by atoms with E-state index < -0.39 is 10.8 Å². The molecule has 2 nitrogen and oxygen atoms in total. The molecule has 0 aliphatic carbocycles. The van der Waals surface area contributed by atoms with Gasteiger partial charge in [-0.15, -0.1) is 0 Å². The number of benzene rings is 2. The third-order valence-corrected chi connectivity index (χ3v) is 4.33. The van der Waals surface area contributed by atoms with Crippen LogP contribution >= 0.6 is 0 Å². The number of hydrogen-bond acceptors (Lipinski definition) is 2. The van der Waals surface area contributed by atoms with Gasteiger partial charge in [-0.25, -0.2) is 4.39 Å². The molecule has 0 heterocycles. The summed E-state index contributed by atoms with van der Waals surface area (Å²) in [7, 11) is 1.06. The molecule has 0 saturated carbocycles. The van der Waals surface area contributed by atoms with Crippen molar-refractivity contribution in [3.8, 4) is 0 Å². The van der Waals surface area contributed by atoms with Crippen LogP contribution in [0.25, 0.3) is 0 Å². The highest BCUT2D eigenvalue weighted by Crippen LogP contribution is 2.13. The van der Waals surface area contributed by atoms with Crippen LogP contribution in [0.2, 0.25) is 0 Å². The van der Waals surface area contributed by atoms with Gasteiger partial charge in [-0.3, -0.25) is 9.11 Å². The smallest absolute Gasteiger partial charge is 0.126 e. The number of nitrogens with zero attached hydrogens (tertiary/aromatic N) is 1. The van der Waals surface area contributed by atoms with E-state index in [0.29, 0.717) is 12.1 Å². The fourth-order valence-electron chi connectivity index (χ4n) is 2.20. The molecule has 0 aliphatic heterocycles. The summed E-state index contributed by atoms with van der Waals surface area (Å²) in [6, 6.07) is 13.1. The van der Waals surface area contributed by atoms with Crippen LogP contribution in [0, 0.1) is 12.7 Å². The molecule has 0 aromatic heterocycles. The molecule has 21 heavy (non-hydrogen) atoms. The Morgan fingerprint density at radius 3 is 2.19 bits per heavy atom. The van der Waals surface area contributed by atoms with Gasteiger partial charge in [0, 0.05) is 35.0 Å². The summed E-state index contributed by atoms with van der Waals surface area (Å²) >= 11 is 0. The predicted molar refractivity (Wildman–Crippen MR) is 85.1 cm³/mol. The molecule has 4 heteroatoms. The summed E-state index contributed by atoms with van der Waals surface area (Å²) in [4.78, 5) is 2.96. The Balaban J connectivity index is 1.99. The molecule has 112 valence electrons. The quantitative estimate of drug-likeness (QED) is 0.842. The minimum atomic E-state index is -0.942. The first-order valence-electron chi connectivity index (χ1n) is 6.81. The minimum Gasteiger partial charge on any atom is -0.298 e. The standard InChI is InChI=1S/C17H20FNOS/c1-13-4-5-15(10-17(13)18)12-19(2)11-14-6-8-16(9-7-14)21(3)20/h4-10H,11-12H2,1-3H3/t21-/m0/s1. The van der Waals surface area contributed by atoms with E-state index in [9.17, 15) is 8.60 Å². The van der Waals surface area contributed by atoms with Crippen molar-refractivity contribution in [2.75, 3.05) is 13.3 Å². The second-order valence-corrected chi connectivity index (χ2v) is 6.73. The molecule has 2 aromatic carbocycles. The van der Waals surface area contributed by atoms with E-state index in [2.05, 4.69) is 4.90 Å². The summed E-state index contributed by atoms with van der Waals surface area (Å²) in [6.07, 6.45) is 1.67. The molecular formula is C17H20FNOS. The van der Waals surface area contributed by atoms with E-state index in [4.69, 9.17) is 0 Å². The number of rotatable bonds is 5. The molecule has 0 fully saturated rings. The molecule has 0 unspecified atom stereocenters. The van der Waals surface area contributed by atoms with Crippen LogP contribution in [0.5, 0.6) is 0 Å². The lowest BCUT2D eigenvalue weighted by Gasteiger charge is -2.17. The Hall–Kier alpha value is -1.52. The van der Waals surface area contributed by atoms with Gasteiger partial charge in [-0.2, -0.15) is 0 Å². The molecule has 0 bridgehead atoms. The van der Waals surface area contributed by atoms with E-state index in [1.165, 1.54) is 0 Å². The first kappa shape index (κ1) is 15.9. The summed E-state index contributed by atoms with van der Waals surface area (Å²) in [5.74, 6) is -0.157. The van der Waals surface area contributed by atoms with E-state index in [-0.39, 0.29) is 5.82 Å². The summed E-state index contributed by atoms with van der Waals surface area (Å²) in [5, 5.41) is 0. The Morgan fingerprint density at radius 2 is 1.62 bits per heavy atom. The zero-order valence-corrected chi connectivity index (χ0v) is 13.4. The number of halogens is 1. The first-order valence-corrected chi connectivity index (χ1v) is 8.37. The van der Waals surface area contributed by atoms with Crippen LogP contribution < -0.4 is 0 Å². The molecule has 2 aromatic rings. The number of aryl methyl sites for hydroxylation is 1. The van der Waals surface area contributed by atoms with Crippen molar-refractivity contribution in [2.24, 2.45) is 0 Å². The average molecular weight is 305 g/mol. The maximum atomic E-state index is 13.5. The maximum Gasteiger partial charge on any atom is 0.126 e. The van der Waals surface area contributed by atoms with Gasteiger partial charge in [-0.1, -0.05) is 24.3 Å². The fraction of sp³-hybridized carbons (Fsp3) is 0.294. The Bertz CT molecular complexity index is 640. The predicted octanol–water partition coefficient (Wildman–Crippen LogP) is 3.50. The van der Waals surface area contributed by atoms with Crippen molar-refractivity contribution in [2.45, 2.75) is 24.9 Å². The van der Waals surface area contributed by atoms with E-state index in [0.717, 1.165) is 22.6 Å². The van der Waals surface area contributed by atoms with Crippen LogP contribution in [0.3, 0.4) is 0 Å². The lowest BCUT2D eigenvalue weighted by atomic mass is 10.1. The summed E-state index contributed by atoms with van der Waals surface area (Å²) in [5.41, 5.74) is 2.79. The fourth-order valence-corrected chi connectivity index (χ4v) is 2.72. The lowest BCUT2D eigenvalue weighted by molar-refractivity contribution is 0.318. The zero-order chi connectivity index (χ0) is 15.4. The van der Waals surface area contributed by atoms with Gasteiger partial charge < -0.3 is 0 Å². The molecule has 0 radical (unpaired) electrons. The van der Waals surface area contributed by atoms with Gasteiger partial charge in [-0.05, 0) is 48.9 Å².